The number of benzene rings is 10. The molecule has 14 rings (SSSR count). The van der Waals surface area contributed by atoms with Gasteiger partial charge in [-0.1, -0.05) is 146 Å². The van der Waals surface area contributed by atoms with Crippen molar-refractivity contribution in [1.29, 1.82) is 31.6 Å². The van der Waals surface area contributed by atoms with Crippen LogP contribution in [0.5, 0.6) is 0 Å². The highest BCUT2D eigenvalue weighted by molar-refractivity contribution is 6.17. The number of nitrogens with zero attached hydrogens (tertiary/aromatic N) is 10. The molecular weight excluding hydrogens is 933 g/mol. The zero-order valence-electron chi connectivity index (χ0n) is 39.9. The van der Waals surface area contributed by atoms with Crippen molar-refractivity contribution in [2.24, 2.45) is 0 Å². The third-order valence-corrected chi connectivity index (χ3v) is 15.0. The highest BCUT2D eigenvalue weighted by atomic mass is 15.1. The maximum absolute atomic E-state index is 12.0. The molecule has 0 aliphatic carbocycles. The van der Waals surface area contributed by atoms with E-state index in [1.165, 1.54) is 0 Å². The molecule has 10 heteroatoms. The molecule has 0 bridgehead atoms. The van der Waals surface area contributed by atoms with Gasteiger partial charge < -0.3 is 18.3 Å². The molecule has 76 heavy (non-hydrogen) atoms. The lowest BCUT2D eigenvalue weighted by molar-refractivity contribution is 1.08. The molecule has 0 radical (unpaired) electrons. The van der Waals surface area contributed by atoms with Gasteiger partial charge in [-0.05, 0) is 48.5 Å². The predicted octanol–water partition coefficient (Wildman–Crippen LogP) is 15.0. The van der Waals surface area contributed by atoms with Crippen molar-refractivity contribution in [1.82, 2.24) is 18.3 Å². The van der Waals surface area contributed by atoms with Crippen molar-refractivity contribution in [3.63, 3.8) is 0 Å². The smallest absolute Gasteiger partial charge is 0.103 e. The highest BCUT2D eigenvalue weighted by Gasteiger charge is 2.38. The first-order valence-electron chi connectivity index (χ1n) is 24.4. The standard InChI is InChI=1S/C66H32N10/c67-33-47-49(35-69)63(73-53-25-9-1-17-39(53)40-18-2-10-26-54(40)73)61(64(50(47)36-70)74-55-27-11-3-19-41(55)42-20-4-12-28-56(42)74)62-65(75-57-29-13-5-21-43(57)44-22-6-14-30-58(44)75)51(37-71)48(34-68)52(38-72)66(62)76-59-31-15-7-23-45(59)46-24-8-16-32-60(46)76/h1-32H. The number of fused-ring (bicyclic) bond motifs is 12. The summed E-state index contributed by atoms with van der Waals surface area (Å²) in [6.45, 7) is 0. The third kappa shape index (κ3) is 5.62. The second-order valence-electron chi connectivity index (χ2n) is 18.5. The van der Waals surface area contributed by atoms with Crippen LogP contribution in [0.3, 0.4) is 0 Å². The highest BCUT2D eigenvalue weighted by Crippen LogP contribution is 2.53. The van der Waals surface area contributed by atoms with Crippen molar-refractivity contribution in [2.75, 3.05) is 0 Å². The maximum atomic E-state index is 12.0. The average Bonchev–Trinajstić information content (AvgIpc) is 4.25. The molecular formula is C66H32N10. The summed E-state index contributed by atoms with van der Waals surface area (Å²) < 4.78 is 7.94. The summed E-state index contributed by atoms with van der Waals surface area (Å²) in [5.74, 6) is 0. The molecule has 0 fully saturated rings. The molecule has 10 aromatic carbocycles. The van der Waals surface area contributed by atoms with E-state index in [0.29, 0.717) is 44.1 Å². The zero-order valence-corrected chi connectivity index (χ0v) is 39.9. The second kappa shape index (κ2) is 16.4. The van der Waals surface area contributed by atoms with Crippen LogP contribution in [0, 0.1) is 68.0 Å². The van der Waals surface area contributed by atoms with Crippen LogP contribution in [0.1, 0.15) is 33.4 Å². The van der Waals surface area contributed by atoms with E-state index < -0.39 is 0 Å². The lowest BCUT2D eigenvalue weighted by atomic mass is 9.84. The van der Waals surface area contributed by atoms with E-state index in [1.54, 1.807) is 0 Å². The van der Waals surface area contributed by atoms with Crippen LogP contribution in [0.2, 0.25) is 0 Å². The fourth-order valence-corrected chi connectivity index (χ4v) is 12.1. The Morgan fingerprint density at radius 2 is 0.342 bits per heavy atom. The van der Waals surface area contributed by atoms with E-state index in [-0.39, 0.29) is 67.3 Å². The van der Waals surface area contributed by atoms with E-state index in [1.807, 2.05) is 212 Å². The van der Waals surface area contributed by atoms with E-state index >= 15 is 0 Å². The summed E-state index contributed by atoms with van der Waals surface area (Å²) in [6.07, 6.45) is 0. The number of aromatic nitrogens is 4. The summed E-state index contributed by atoms with van der Waals surface area (Å²) in [5.41, 5.74) is 6.23. The Morgan fingerprint density at radius 1 is 0.197 bits per heavy atom. The van der Waals surface area contributed by atoms with Crippen molar-refractivity contribution in [3.05, 3.63) is 228 Å². The van der Waals surface area contributed by atoms with Gasteiger partial charge in [0.05, 0.1) is 100 Å². The Hall–Kier alpha value is -11.7. The Balaban J connectivity index is 1.40. The summed E-state index contributed by atoms with van der Waals surface area (Å²) in [4.78, 5) is 0. The van der Waals surface area contributed by atoms with Gasteiger partial charge in [0.25, 0.3) is 0 Å². The maximum Gasteiger partial charge on any atom is 0.103 e. The minimum atomic E-state index is -0.158. The van der Waals surface area contributed by atoms with E-state index in [4.69, 9.17) is 0 Å². The molecule has 0 unspecified atom stereocenters. The first-order chi connectivity index (χ1) is 37.6. The molecule has 0 saturated heterocycles. The molecule has 0 N–H and O–H groups in total. The van der Waals surface area contributed by atoms with Crippen LogP contribution in [-0.2, 0) is 0 Å². The minimum Gasteiger partial charge on any atom is -0.307 e. The number of hydrogen-bond acceptors (Lipinski definition) is 6. The van der Waals surface area contributed by atoms with Gasteiger partial charge in [-0.2, -0.15) is 31.6 Å². The monoisotopic (exact) mass is 964 g/mol. The molecule has 14 aromatic rings. The van der Waals surface area contributed by atoms with E-state index in [9.17, 15) is 31.6 Å². The molecule has 0 atom stereocenters. The van der Waals surface area contributed by atoms with Crippen LogP contribution in [-0.4, -0.2) is 18.3 Å². The molecule has 10 nitrogen and oxygen atoms in total. The molecule has 4 aromatic heterocycles. The first-order valence-corrected chi connectivity index (χ1v) is 24.4. The quantitative estimate of drug-likeness (QED) is 0.167. The van der Waals surface area contributed by atoms with Crippen LogP contribution < -0.4 is 0 Å². The number of rotatable bonds is 5. The molecule has 0 aliphatic heterocycles. The summed E-state index contributed by atoms with van der Waals surface area (Å²) in [6, 6.07) is 77.4. The Morgan fingerprint density at radius 3 is 0.487 bits per heavy atom. The normalized spacial score (nSPS) is 11.3. The molecule has 0 amide bonds. The first kappa shape index (κ1) is 43.2. The molecule has 0 spiro atoms. The van der Waals surface area contributed by atoms with Gasteiger partial charge in [-0.3, -0.25) is 0 Å². The Kier molecular flexibility index (Phi) is 9.34. The van der Waals surface area contributed by atoms with Gasteiger partial charge in [0.2, 0.25) is 0 Å². The van der Waals surface area contributed by atoms with Gasteiger partial charge in [-0.15, -0.1) is 0 Å². The fourth-order valence-electron chi connectivity index (χ4n) is 12.1. The lowest BCUT2D eigenvalue weighted by Crippen LogP contribution is -2.16. The summed E-state index contributed by atoms with van der Waals surface area (Å²) in [5, 5.41) is 78.1. The molecule has 4 heterocycles. The predicted molar refractivity (Wildman–Crippen MR) is 298 cm³/mol. The SMILES string of the molecule is N#Cc1c(C#N)c(-n2c3ccccc3c3ccccc32)c(-c2c(-n3c4ccccc4c4ccccc43)c(C#N)c(C#N)c(C#N)c2-n2c3ccccc3c3ccccc32)c(-n2c3ccccc3c3ccccc32)c1C#N. The minimum absolute atomic E-state index is 0.104. The summed E-state index contributed by atoms with van der Waals surface area (Å²) >= 11 is 0. The third-order valence-electron chi connectivity index (χ3n) is 15.0. The topological polar surface area (TPSA) is 162 Å². The fraction of sp³-hybridized carbons (Fsp3) is 0. The van der Waals surface area contributed by atoms with Gasteiger partial charge in [-0.25, -0.2) is 0 Å². The van der Waals surface area contributed by atoms with Crippen LogP contribution in [0.15, 0.2) is 194 Å². The van der Waals surface area contributed by atoms with Gasteiger partial charge in [0.1, 0.15) is 36.4 Å². The van der Waals surface area contributed by atoms with Crippen LogP contribution in [0.25, 0.3) is 121 Å². The molecule has 0 saturated carbocycles. The number of hydrogen-bond donors (Lipinski definition) is 0. The summed E-state index contributed by atoms with van der Waals surface area (Å²) in [7, 11) is 0. The Labute approximate surface area is 432 Å². The van der Waals surface area contributed by atoms with Crippen LogP contribution >= 0.6 is 0 Å². The van der Waals surface area contributed by atoms with E-state index in [2.05, 4.69) is 36.4 Å². The Bertz CT molecular complexity index is 4360. The molecule has 0 aliphatic rings. The molecule has 346 valence electrons. The van der Waals surface area contributed by atoms with Crippen molar-refractivity contribution in [2.45, 2.75) is 0 Å². The van der Waals surface area contributed by atoms with Gasteiger partial charge >= 0.3 is 0 Å². The average molecular weight is 965 g/mol. The largest absolute Gasteiger partial charge is 0.307 e. The van der Waals surface area contributed by atoms with Crippen molar-refractivity contribution >= 4 is 87.2 Å². The van der Waals surface area contributed by atoms with Gasteiger partial charge in [0.15, 0.2) is 0 Å². The second-order valence-corrected chi connectivity index (χ2v) is 18.5. The van der Waals surface area contributed by atoms with Crippen LogP contribution in [0.4, 0.5) is 0 Å². The lowest BCUT2D eigenvalue weighted by Gasteiger charge is -2.29. The van der Waals surface area contributed by atoms with E-state index in [0.717, 1.165) is 43.1 Å². The number of para-hydroxylation sites is 8. The van der Waals surface area contributed by atoms with Crippen molar-refractivity contribution in [3.8, 4) is 70.3 Å². The van der Waals surface area contributed by atoms with Gasteiger partial charge in [0, 0.05) is 54.2 Å². The zero-order chi connectivity index (χ0) is 51.3. The van der Waals surface area contributed by atoms with Crippen molar-refractivity contribution < 1.29 is 0 Å². The number of nitriles is 6.